The van der Waals surface area contributed by atoms with Crippen LogP contribution in [0.2, 0.25) is 0 Å². The predicted octanol–water partition coefficient (Wildman–Crippen LogP) is 16.7. The highest BCUT2D eigenvalue weighted by molar-refractivity contribution is 7.85. The molecule has 0 heterocycles. The molecule has 0 aromatic heterocycles. The van der Waals surface area contributed by atoms with Crippen LogP contribution in [0.25, 0.3) is 0 Å². The van der Waals surface area contributed by atoms with Crippen molar-refractivity contribution in [3.05, 3.63) is 23.8 Å². The van der Waals surface area contributed by atoms with Crippen molar-refractivity contribution < 1.29 is 37.1 Å². The fraction of sp³-hybridized carbons (Fsp3) is 0.857. The third-order valence-corrected chi connectivity index (χ3v) is 12.5. The van der Waals surface area contributed by atoms with Crippen LogP contribution in [0.4, 0.5) is 0 Å². The Morgan fingerprint density at radius 3 is 1.02 bits per heavy atom. The van der Waals surface area contributed by atoms with Gasteiger partial charge in [0.1, 0.15) is 0 Å². The highest BCUT2D eigenvalue weighted by Gasteiger charge is 2.18. The van der Waals surface area contributed by atoms with Gasteiger partial charge in [-0.1, -0.05) is 265 Å². The summed E-state index contributed by atoms with van der Waals surface area (Å²) in [5.41, 5.74) is 0.623. The van der Waals surface area contributed by atoms with E-state index < -0.39 is 16.2 Å². The van der Waals surface area contributed by atoms with E-state index in [-0.39, 0.29) is 29.5 Å². The Morgan fingerprint density at radius 2 is 0.742 bits per heavy atom. The summed E-state index contributed by atoms with van der Waals surface area (Å²) in [5.74, 6) is -0.171. The van der Waals surface area contributed by atoms with Crippen molar-refractivity contribution in [1.29, 1.82) is 0 Å². The van der Waals surface area contributed by atoms with E-state index in [9.17, 15) is 23.1 Å². The zero-order valence-electron chi connectivity index (χ0n) is 43.6. The Kier molecular flexibility index (Phi) is 45.3. The number of benzene rings is 1. The van der Waals surface area contributed by atoms with E-state index in [4.69, 9.17) is 14.0 Å². The summed E-state index contributed by atoms with van der Waals surface area (Å²) in [6, 6.07) is 5.29. The number of hydrogen-bond donors (Lipinski definition) is 3. The summed E-state index contributed by atoms with van der Waals surface area (Å²) >= 11 is 0. The summed E-state index contributed by atoms with van der Waals surface area (Å²) in [6.07, 6.45) is 50.5. The Balaban J connectivity index is 0.00000797. The van der Waals surface area contributed by atoms with Crippen LogP contribution in [-0.4, -0.2) is 48.9 Å². The SMILES string of the molecule is CCCCCCCCCCCCCCCCCCCCCC(=O)Oc1ccc(C(O)CNC(C)C)cc1OC(=O)CCCCCCCCCCCCCCCCCCCCC.CS(=O)(=O)O. The van der Waals surface area contributed by atoms with Crippen molar-refractivity contribution >= 4 is 22.1 Å². The molecule has 1 rings (SSSR count). The number of carbonyl (C=O) groups excluding carboxylic acids is 2. The zero-order chi connectivity index (χ0) is 48.8. The first kappa shape index (κ1) is 64.0. The van der Waals surface area contributed by atoms with Gasteiger partial charge in [0.05, 0.1) is 12.4 Å². The van der Waals surface area contributed by atoms with Crippen LogP contribution >= 0.6 is 0 Å². The number of hydrogen-bond acceptors (Lipinski definition) is 8. The van der Waals surface area contributed by atoms with E-state index in [1.165, 1.54) is 205 Å². The van der Waals surface area contributed by atoms with Gasteiger partial charge in [0, 0.05) is 25.4 Å². The number of ether oxygens (including phenoxy) is 2. The second-order valence-electron chi connectivity index (χ2n) is 19.7. The molecule has 1 aromatic carbocycles. The molecule has 0 aliphatic carbocycles. The van der Waals surface area contributed by atoms with Crippen molar-refractivity contribution in [3.63, 3.8) is 0 Å². The lowest BCUT2D eigenvalue weighted by molar-refractivity contribution is -0.137. The lowest BCUT2D eigenvalue weighted by Gasteiger charge is -2.17. The van der Waals surface area contributed by atoms with Gasteiger partial charge >= 0.3 is 11.9 Å². The number of unbranched alkanes of at least 4 members (excludes halogenated alkanes) is 36. The average molecular weight is 953 g/mol. The molecule has 0 aliphatic heterocycles. The Labute approximate surface area is 407 Å². The van der Waals surface area contributed by atoms with Crippen molar-refractivity contribution in [2.24, 2.45) is 0 Å². The average Bonchev–Trinajstić information content (AvgIpc) is 3.27. The molecule has 0 radical (unpaired) electrons. The number of aliphatic hydroxyl groups excluding tert-OH is 1. The fourth-order valence-corrected chi connectivity index (χ4v) is 8.40. The molecular weight excluding hydrogens is 847 g/mol. The van der Waals surface area contributed by atoms with E-state index in [1.54, 1.807) is 18.2 Å². The van der Waals surface area contributed by atoms with E-state index in [2.05, 4.69) is 19.2 Å². The van der Waals surface area contributed by atoms with Gasteiger partial charge in [0.2, 0.25) is 0 Å². The number of carbonyl (C=O) groups is 2. The Hall–Kier alpha value is -2.01. The van der Waals surface area contributed by atoms with E-state index in [0.717, 1.165) is 38.5 Å². The number of nitrogens with one attached hydrogen (secondary N) is 1. The highest BCUT2D eigenvalue weighted by Crippen LogP contribution is 2.32. The second kappa shape index (κ2) is 46.7. The molecule has 1 atom stereocenters. The van der Waals surface area contributed by atoms with E-state index in [1.807, 2.05) is 13.8 Å². The monoisotopic (exact) mass is 952 g/mol. The smallest absolute Gasteiger partial charge is 0.311 e. The van der Waals surface area contributed by atoms with Gasteiger partial charge in [0.15, 0.2) is 11.5 Å². The number of esters is 2. The third kappa shape index (κ3) is 47.1. The molecule has 10 heteroatoms. The Morgan fingerprint density at radius 1 is 0.485 bits per heavy atom. The van der Waals surface area contributed by atoms with Crippen LogP contribution in [0.5, 0.6) is 11.5 Å². The van der Waals surface area contributed by atoms with Crippen LogP contribution in [0.15, 0.2) is 18.2 Å². The highest BCUT2D eigenvalue weighted by atomic mass is 32.2. The molecule has 1 aromatic rings. The molecule has 0 saturated carbocycles. The van der Waals surface area contributed by atoms with Crippen LogP contribution in [0, 0.1) is 0 Å². The summed E-state index contributed by atoms with van der Waals surface area (Å²) in [5, 5.41) is 14.0. The lowest BCUT2D eigenvalue weighted by Crippen LogP contribution is -2.27. The summed E-state index contributed by atoms with van der Waals surface area (Å²) in [4.78, 5) is 25.8. The summed E-state index contributed by atoms with van der Waals surface area (Å²) in [6.45, 7) is 9.01. The first-order chi connectivity index (χ1) is 31.9. The third-order valence-electron chi connectivity index (χ3n) is 12.5. The normalized spacial score (nSPS) is 12.0. The molecular formula is C56H105NO8S. The van der Waals surface area contributed by atoms with Gasteiger partial charge in [-0.15, -0.1) is 0 Å². The minimum atomic E-state index is -3.67. The van der Waals surface area contributed by atoms with Crippen molar-refractivity contribution in [3.8, 4) is 11.5 Å². The molecule has 1 unspecified atom stereocenters. The second-order valence-corrected chi connectivity index (χ2v) is 21.2. The van der Waals surface area contributed by atoms with Crippen LogP contribution in [0.1, 0.15) is 296 Å². The molecule has 66 heavy (non-hydrogen) atoms. The molecule has 0 saturated heterocycles. The van der Waals surface area contributed by atoms with Crippen LogP contribution < -0.4 is 14.8 Å². The Bertz CT molecular complexity index is 1340. The first-order valence-electron chi connectivity index (χ1n) is 27.8. The fourth-order valence-electron chi connectivity index (χ4n) is 8.40. The van der Waals surface area contributed by atoms with Gasteiger partial charge in [-0.3, -0.25) is 14.1 Å². The number of aliphatic hydroxyl groups is 1. The first-order valence-corrected chi connectivity index (χ1v) is 29.6. The van der Waals surface area contributed by atoms with E-state index >= 15 is 0 Å². The molecule has 3 N–H and O–H groups in total. The van der Waals surface area contributed by atoms with Crippen LogP contribution in [0.3, 0.4) is 0 Å². The molecule has 0 amide bonds. The van der Waals surface area contributed by atoms with E-state index in [0.29, 0.717) is 31.2 Å². The van der Waals surface area contributed by atoms with Crippen molar-refractivity contribution in [2.75, 3.05) is 12.8 Å². The van der Waals surface area contributed by atoms with Crippen LogP contribution in [-0.2, 0) is 19.7 Å². The maximum atomic E-state index is 13.0. The topological polar surface area (TPSA) is 139 Å². The van der Waals surface area contributed by atoms with Gasteiger partial charge in [-0.25, -0.2) is 0 Å². The van der Waals surface area contributed by atoms with Crippen molar-refractivity contribution in [2.45, 2.75) is 297 Å². The van der Waals surface area contributed by atoms with Gasteiger partial charge in [-0.2, -0.15) is 8.42 Å². The standard InChI is InChI=1S/C55H101NO5.CH4O3S/c1-5-7-9-11-13-15-17-19-21-23-25-27-29-31-33-35-37-39-41-43-54(58)60-52-46-45-50(51(57)48-56-49(3)4)47-53(52)61-55(59)44-42-40-38-36-34-32-30-28-26-24-22-20-18-16-14-12-10-8-6-2;1-5(2,3)4/h45-47,49,51,56-57H,5-44,48H2,1-4H3;1H3,(H,2,3,4). The number of rotatable bonds is 46. The molecule has 9 nitrogen and oxygen atoms in total. The maximum Gasteiger partial charge on any atom is 0.311 e. The summed E-state index contributed by atoms with van der Waals surface area (Å²) in [7, 11) is -3.67. The molecule has 388 valence electrons. The largest absolute Gasteiger partial charge is 0.423 e. The predicted molar refractivity (Wildman–Crippen MR) is 279 cm³/mol. The maximum absolute atomic E-state index is 13.0. The molecule has 0 aliphatic rings. The van der Waals surface area contributed by atoms with Gasteiger partial charge < -0.3 is 19.9 Å². The minimum Gasteiger partial charge on any atom is -0.423 e. The molecule has 0 fully saturated rings. The zero-order valence-corrected chi connectivity index (χ0v) is 44.4. The van der Waals surface area contributed by atoms with Gasteiger partial charge in [0.25, 0.3) is 10.1 Å². The lowest BCUT2D eigenvalue weighted by atomic mass is 10.0. The quantitative estimate of drug-likeness (QED) is 0.0252. The van der Waals surface area contributed by atoms with Crippen molar-refractivity contribution in [1.82, 2.24) is 5.32 Å². The molecule has 0 spiro atoms. The summed E-state index contributed by atoms with van der Waals surface area (Å²) < 4.78 is 37.4. The molecule has 0 bridgehead atoms. The minimum absolute atomic E-state index is 0.213. The van der Waals surface area contributed by atoms with Gasteiger partial charge in [-0.05, 0) is 30.5 Å².